The fourth-order valence-electron chi connectivity index (χ4n) is 4.16. The number of rotatable bonds is 9. The zero-order chi connectivity index (χ0) is 28.1. The van der Waals surface area contributed by atoms with Crippen molar-refractivity contribution in [2.45, 2.75) is 27.2 Å². The summed E-state index contributed by atoms with van der Waals surface area (Å²) in [5.41, 5.74) is 3.29. The molecule has 9 heteroatoms. The molecular weight excluding hydrogens is 501 g/mol. The number of methoxy groups -OCH3 is 2. The van der Waals surface area contributed by atoms with E-state index in [-0.39, 0.29) is 17.7 Å². The molecule has 1 amide bonds. The SMILES string of the molecule is COc1ccc(-c2nn(-c3cccc(F)c3)c(OC(C)=O)c2-c2ccc(NC(=O)CC(C)C)cc2)cc1OC. The zero-order valence-electron chi connectivity index (χ0n) is 22.4. The van der Waals surface area contributed by atoms with E-state index in [4.69, 9.17) is 19.3 Å². The quantitative estimate of drug-likeness (QED) is 0.256. The van der Waals surface area contributed by atoms with Gasteiger partial charge >= 0.3 is 5.97 Å². The molecule has 1 aromatic heterocycles. The molecule has 0 saturated heterocycles. The van der Waals surface area contributed by atoms with Crippen LogP contribution in [0, 0.1) is 11.7 Å². The summed E-state index contributed by atoms with van der Waals surface area (Å²) in [4.78, 5) is 24.5. The lowest BCUT2D eigenvalue weighted by Gasteiger charge is -2.12. The van der Waals surface area contributed by atoms with Gasteiger partial charge in [0.1, 0.15) is 11.5 Å². The van der Waals surface area contributed by atoms with Gasteiger partial charge in [0.25, 0.3) is 0 Å². The summed E-state index contributed by atoms with van der Waals surface area (Å²) in [7, 11) is 3.08. The van der Waals surface area contributed by atoms with Gasteiger partial charge in [-0.05, 0) is 60.0 Å². The largest absolute Gasteiger partial charge is 0.493 e. The molecule has 4 rings (SSSR count). The number of nitrogens with zero attached hydrogens (tertiary/aromatic N) is 2. The highest BCUT2D eigenvalue weighted by Crippen LogP contribution is 2.43. The van der Waals surface area contributed by atoms with E-state index >= 15 is 0 Å². The van der Waals surface area contributed by atoms with Crippen molar-refractivity contribution in [2.75, 3.05) is 19.5 Å². The van der Waals surface area contributed by atoms with Crippen molar-refractivity contribution < 1.29 is 28.2 Å². The molecule has 4 aromatic rings. The monoisotopic (exact) mass is 531 g/mol. The van der Waals surface area contributed by atoms with E-state index in [2.05, 4.69) is 5.32 Å². The molecule has 202 valence electrons. The first-order valence-corrected chi connectivity index (χ1v) is 12.4. The Hall–Kier alpha value is -4.66. The number of carbonyl (C=O) groups excluding carboxylic acids is 2. The predicted octanol–water partition coefficient (Wildman–Crippen LogP) is 6.27. The third-order valence-electron chi connectivity index (χ3n) is 5.84. The zero-order valence-corrected chi connectivity index (χ0v) is 22.4. The van der Waals surface area contributed by atoms with E-state index in [1.165, 1.54) is 30.8 Å². The van der Waals surface area contributed by atoms with Gasteiger partial charge in [0.05, 0.1) is 25.5 Å². The fourth-order valence-corrected chi connectivity index (χ4v) is 4.16. The Balaban J connectivity index is 1.91. The highest BCUT2D eigenvalue weighted by molar-refractivity contribution is 5.92. The molecule has 0 fully saturated rings. The van der Waals surface area contributed by atoms with E-state index in [0.717, 1.165) is 0 Å². The second-order valence-electron chi connectivity index (χ2n) is 9.31. The molecule has 0 atom stereocenters. The topological polar surface area (TPSA) is 91.7 Å². The van der Waals surface area contributed by atoms with E-state index in [1.54, 1.807) is 61.7 Å². The smallest absolute Gasteiger partial charge is 0.309 e. The Kier molecular flexibility index (Phi) is 8.29. The van der Waals surface area contributed by atoms with Gasteiger partial charge in [-0.1, -0.05) is 32.0 Å². The Morgan fingerprint density at radius 3 is 2.26 bits per heavy atom. The molecule has 39 heavy (non-hydrogen) atoms. The summed E-state index contributed by atoms with van der Waals surface area (Å²) < 4.78 is 32.1. The lowest BCUT2D eigenvalue weighted by Crippen LogP contribution is -2.13. The van der Waals surface area contributed by atoms with Crippen LogP contribution in [0.1, 0.15) is 27.2 Å². The molecule has 0 unspecified atom stereocenters. The summed E-state index contributed by atoms with van der Waals surface area (Å²) >= 11 is 0. The van der Waals surface area contributed by atoms with Crippen LogP contribution in [0.4, 0.5) is 10.1 Å². The van der Waals surface area contributed by atoms with Gasteiger partial charge in [-0.2, -0.15) is 9.78 Å². The van der Waals surface area contributed by atoms with Crippen molar-refractivity contribution in [1.82, 2.24) is 9.78 Å². The van der Waals surface area contributed by atoms with E-state index in [9.17, 15) is 14.0 Å². The van der Waals surface area contributed by atoms with E-state index in [0.29, 0.717) is 51.7 Å². The van der Waals surface area contributed by atoms with Gasteiger partial charge in [0.2, 0.25) is 11.8 Å². The molecular formula is C30H30FN3O5. The van der Waals surface area contributed by atoms with Crippen LogP contribution in [0.2, 0.25) is 0 Å². The molecule has 1 N–H and O–H groups in total. The summed E-state index contributed by atoms with van der Waals surface area (Å²) in [5.74, 6) is 0.260. The van der Waals surface area contributed by atoms with Gasteiger partial charge in [-0.15, -0.1) is 0 Å². The summed E-state index contributed by atoms with van der Waals surface area (Å²) in [6, 6.07) is 18.3. The van der Waals surface area contributed by atoms with Crippen molar-refractivity contribution in [3.05, 3.63) is 72.5 Å². The average Bonchev–Trinajstić information content (AvgIpc) is 3.26. The first kappa shape index (κ1) is 27.4. The predicted molar refractivity (Wildman–Crippen MR) is 147 cm³/mol. The second-order valence-corrected chi connectivity index (χ2v) is 9.31. The van der Waals surface area contributed by atoms with Crippen molar-refractivity contribution >= 4 is 17.6 Å². The molecule has 0 radical (unpaired) electrons. The van der Waals surface area contributed by atoms with Crippen LogP contribution in [-0.4, -0.2) is 35.9 Å². The highest BCUT2D eigenvalue weighted by atomic mass is 19.1. The lowest BCUT2D eigenvalue weighted by molar-refractivity contribution is -0.132. The maximum atomic E-state index is 14.2. The van der Waals surface area contributed by atoms with Gasteiger partial charge < -0.3 is 19.5 Å². The third kappa shape index (κ3) is 6.26. The van der Waals surface area contributed by atoms with Crippen LogP contribution < -0.4 is 19.5 Å². The summed E-state index contributed by atoms with van der Waals surface area (Å²) in [6.45, 7) is 5.24. The first-order chi connectivity index (χ1) is 18.7. The Morgan fingerprint density at radius 2 is 1.64 bits per heavy atom. The number of nitrogens with one attached hydrogen (secondary N) is 1. The lowest BCUT2D eigenvalue weighted by atomic mass is 10.0. The van der Waals surface area contributed by atoms with Gasteiger partial charge in [0, 0.05) is 24.6 Å². The van der Waals surface area contributed by atoms with Gasteiger partial charge in [-0.25, -0.2) is 4.39 Å². The standard InChI is InChI=1S/C30H30FN3O5/c1-18(2)15-27(36)32-23-12-9-20(10-13-23)28-29(21-11-14-25(37-4)26(16-21)38-5)33-34(30(28)39-19(3)35)24-8-6-7-22(31)17-24/h6-14,16-18H,15H2,1-5H3,(H,32,36). The normalized spacial score (nSPS) is 10.8. The minimum Gasteiger partial charge on any atom is -0.493 e. The molecule has 0 bridgehead atoms. The van der Waals surface area contributed by atoms with Gasteiger partial charge in [0.15, 0.2) is 11.5 Å². The molecule has 8 nitrogen and oxygen atoms in total. The van der Waals surface area contributed by atoms with Crippen LogP contribution in [0.5, 0.6) is 17.4 Å². The molecule has 0 aliphatic rings. The molecule has 3 aromatic carbocycles. The maximum absolute atomic E-state index is 14.2. The molecule has 0 aliphatic carbocycles. The fraction of sp³-hybridized carbons (Fsp3) is 0.233. The third-order valence-corrected chi connectivity index (χ3v) is 5.84. The summed E-state index contributed by atoms with van der Waals surface area (Å²) in [6.07, 6.45) is 0.405. The second kappa shape index (κ2) is 11.8. The minimum absolute atomic E-state index is 0.0803. The number of hydrogen-bond acceptors (Lipinski definition) is 6. The van der Waals surface area contributed by atoms with E-state index in [1.807, 2.05) is 13.8 Å². The molecule has 0 aliphatic heterocycles. The Morgan fingerprint density at radius 1 is 0.949 bits per heavy atom. The van der Waals surface area contributed by atoms with Crippen LogP contribution in [0.25, 0.3) is 28.1 Å². The molecule has 0 spiro atoms. The number of carbonyl (C=O) groups is 2. The molecule has 0 saturated carbocycles. The van der Waals surface area contributed by atoms with Crippen molar-refractivity contribution in [3.8, 4) is 45.5 Å². The Labute approximate surface area is 226 Å². The van der Waals surface area contributed by atoms with E-state index < -0.39 is 11.8 Å². The van der Waals surface area contributed by atoms with Crippen LogP contribution >= 0.6 is 0 Å². The first-order valence-electron chi connectivity index (χ1n) is 12.4. The van der Waals surface area contributed by atoms with Crippen molar-refractivity contribution in [3.63, 3.8) is 0 Å². The number of halogens is 1. The van der Waals surface area contributed by atoms with Crippen LogP contribution in [0.15, 0.2) is 66.7 Å². The number of ether oxygens (including phenoxy) is 3. The highest BCUT2D eigenvalue weighted by Gasteiger charge is 2.25. The van der Waals surface area contributed by atoms with Crippen molar-refractivity contribution in [1.29, 1.82) is 0 Å². The average molecular weight is 532 g/mol. The Bertz CT molecular complexity index is 1500. The van der Waals surface area contributed by atoms with Crippen LogP contribution in [0.3, 0.4) is 0 Å². The number of esters is 1. The number of amides is 1. The van der Waals surface area contributed by atoms with Crippen molar-refractivity contribution in [2.24, 2.45) is 5.92 Å². The molecule has 1 heterocycles. The number of anilines is 1. The van der Waals surface area contributed by atoms with Crippen LogP contribution in [-0.2, 0) is 9.59 Å². The number of aromatic nitrogens is 2. The number of hydrogen-bond donors (Lipinski definition) is 1. The maximum Gasteiger partial charge on any atom is 0.309 e. The number of benzene rings is 3. The summed E-state index contributed by atoms with van der Waals surface area (Å²) in [5, 5.41) is 7.66. The minimum atomic E-state index is -0.565. The van der Waals surface area contributed by atoms with Gasteiger partial charge in [-0.3, -0.25) is 9.59 Å².